The number of benzene rings is 1. The number of ketones is 1. The Morgan fingerprint density at radius 1 is 1.24 bits per heavy atom. The van der Waals surface area contributed by atoms with E-state index >= 15 is 0 Å². The van der Waals surface area contributed by atoms with E-state index in [1.165, 1.54) is 6.92 Å². The van der Waals surface area contributed by atoms with E-state index in [4.69, 9.17) is 4.74 Å². The standard InChI is InChI=1S/C15H17N3O3/c1-4-9-21-15(20)12-5-7-13(8-6-12)18-10(2)14(11(3)19)16-17-18/h5-8H,4,9H2,1-3H3. The summed E-state index contributed by atoms with van der Waals surface area (Å²) in [6, 6.07) is 6.83. The van der Waals surface area contributed by atoms with Gasteiger partial charge in [0.05, 0.1) is 23.6 Å². The fourth-order valence-corrected chi connectivity index (χ4v) is 1.92. The van der Waals surface area contributed by atoms with Crippen LogP contribution in [-0.2, 0) is 4.74 Å². The van der Waals surface area contributed by atoms with E-state index in [-0.39, 0.29) is 11.8 Å². The van der Waals surface area contributed by atoms with Crippen molar-refractivity contribution in [2.45, 2.75) is 27.2 Å². The Bertz CT molecular complexity index is 659. The van der Waals surface area contributed by atoms with Crippen LogP contribution in [0, 0.1) is 6.92 Å². The molecular formula is C15H17N3O3. The van der Waals surface area contributed by atoms with Crippen molar-refractivity contribution in [3.05, 3.63) is 41.2 Å². The predicted molar refractivity (Wildman–Crippen MR) is 76.7 cm³/mol. The Kier molecular flexibility index (Phi) is 4.47. The maximum absolute atomic E-state index is 11.7. The minimum atomic E-state index is -0.344. The molecule has 2 rings (SSSR count). The van der Waals surface area contributed by atoms with Crippen molar-refractivity contribution in [3.8, 4) is 5.69 Å². The summed E-state index contributed by atoms with van der Waals surface area (Å²) in [5.41, 5.74) is 2.24. The number of hydrogen-bond acceptors (Lipinski definition) is 5. The molecule has 0 amide bonds. The molecule has 0 saturated heterocycles. The van der Waals surface area contributed by atoms with Crippen molar-refractivity contribution in [1.29, 1.82) is 0 Å². The van der Waals surface area contributed by atoms with Gasteiger partial charge in [-0.3, -0.25) is 4.79 Å². The van der Waals surface area contributed by atoms with Crippen molar-refractivity contribution in [3.63, 3.8) is 0 Å². The molecule has 0 spiro atoms. The van der Waals surface area contributed by atoms with Gasteiger partial charge in [0, 0.05) is 6.92 Å². The van der Waals surface area contributed by atoms with Gasteiger partial charge in [-0.05, 0) is 37.6 Å². The van der Waals surface area contributed by atoms with Gasteiger partial charge in [-0.15, -0.1) is 5.10 Å². The van der Waals surface area contributed by atoms with Crippen LogP contribution in [0.3, 0.4) is 0 Å². The van der Waals surface area contributed by atoms with Crippen LogP contribution >= 0.6 is 0 Å². The normalized spacial score (nSPS) is 10.4. The van der Waals surface area contributed by atoms with Crippen LogP contribution in [-0.4, -0.2) is 33.4 Å². The highest BCUT2D eigenvalue weighted by atomic mass is 16.5. The van der Waals surface area contributed by atoms with Crippen LogP contribution < -0.4 is 0 Å². The van der Waals surface area contributed by atoms with Crippen LogP contribution in [0.4, 0.5) is 0 Å². The highest BCUT2D eigenvalue weighted by Crippen LogP contribution is 2.14. The van der Waals surface area contributed by atoms with Gasteiger partial charge in [0.1, 0.15) is 0 Å². The largest absolute Gasteiger partial charge is 0.462 e. The Morgan fingerprint density at radius 2 is 1.90 bits per heavy atom. The first-order chi connectivity index (χ1) is 10.0. The average molecular weight is 287 g/mol. The number of ether oxygens (including phenoxy) is 1. The fourth-order valence-electron chi connectivity index (χ4n) is 1.92. The van der Waals surface area contributed by atoms with Gasteiger partial charge in [-0.2, -0.15) is 0 Å². The number of carbonyl (C=O) groups excluding carboxylic acids is 2. The maximum Gasteiger partial charge on any atom is 0.338 e. The zero-order valence-corrected chi connectivity index (χ0v) is 12.3. The molecule has 0 N–H and O–H groups in total. The van der Waals surface area contributed by atoms with E-state index in [9.17, 15) is 9.59 Å². The molecule has 0 aliphatic heterocycles. The summed E-state index contributed by atoms with van der Waals surface area (Å²) in [4.78, 5) is 23.1. The van der Waals surface area contributed by atoms with E-state index in [1.807, 2.05) is 6.92 Å². The van der Waals surface area contributed by atoms with E-state index < -0.39 is 0 Å². The topological polar surface area (TPSA) is 74.1 Å². The van der Waals surface area contributed by atoms with Crippen molar-refractivity contribution in [2.24, 2.45) is 0 Å². The van der Waals surface area contributed by atoms with E-state index in [2.05, 4.69) is 10.3 Å². The molecule has 0 fully saturated rings. The molecule has 0 saturated carbocycles. The Hall–Kier alpha value is -2.50. The third kappa shape index (κ3) is 3.16. The van der Waals surface area contributed by atoms with Crippen LogP contribution in [0.5, 0.6) is 0 Å². The zero-order chi connectivity index (χ0) is 15.4. The van der Waals surface area contributed by atoms with Crippen molar-refractivity contribution in [1.82, 2.24) is 15.0 Å². The number of hydrogen-bond donors (Lipinski definition) is 0. The first kappa shape index (κ1) is 14.9. The summed E-state index contributed by atoms with van der Waals surface area (Å²) in [6.07, 6.45) is 0.787. The molecule has 1 heterocycles. The Balaban J connectivity index is 2.23. The van der Waals surface area contributed by atoms with Gasteiger partial charge < -0.3 is 4.74 Å². The monoisotopic (exact) mass is 287 g/mol. The molecule has 6 nitrogen and oxygen atoms in total. The second-order valence-corrected chi connectivity index (χ2v) is 4.67. The zero-order valence-electron chi connectivity index (χ0n) is 12.3. The SMILES string of the molecule is CCCOC(=O)c1ccc(-n2nnc(C(C)=O)c2C)cc1. The fraction of sp³-hybridized carbons (Fsp3) is 0.333. The quantitative estimate of drug-likeness (QED) is 0.623. The van der Waals surface area contributed by atoms with Gasteiger partial charge >= 0.3 is 5.97 Å². The summed E-state index contributed by atoms with van der Waals surface area (Å²) in [7, 11) is 0. The molecule has 0 aliphatic rings. The molecule has 2 aromatic rings. The first-order valence-electron chi connectivity index (χ1n) is 6.75. The summed E-state index contributed by atoms with van der Waals surface area (Å²) in [5.74, 6) is -0.471. The van der Waals surface area contributed by atoms with Crippen LogP contribution in [0.15, 0.2) is 24.3 Å². The summed E-state index contributed by atoms with van der Waals surface area (Å²) in [6.45, 7) is 5.58. The number of rotatable bonds is 5. The van der Waals surface area contributed by atoms with Crippen molar-refractivity contribution >= 4 is 11.8 Å². The second-order valence-electron chi connectivity index (χ2n) is 4.67. The first-order valence-corrected chi connectivity index (χ1v) is 6.75. The number of Topliss-reactive ketones (excluding diaryl/α,β-unsaturated/α-hetero) is 1. The Labute approximate surface area is 122 Å². The highest BCUT2D eigenvalue weighted by Gasteiger charge is 2.14. The highest BCUT2D eigenvalue weighted by molar-refractivity contribution is 5.93. The van der Waals surface area contributed by atoms with Gasteiger partial charge in [-0.1, -0.05) is 12.1 Å². The lowest BCUT2D eigenvalue weighted by Gasteiger charge is -2.06. The number of aromatic nitrogens is 3. The third-order valence-electron chi connectivity index (χ3n) is 3.01. The van der Waals surface area contributed by atoms with Crippen molar-refractivity contribution in [2.75, 3.05) is 6.61 Å². The lowest BCUT2D eigenvalue weighted by atomic mass is 10.2. The Morgan fingerprint density at radius 3 is 2.43 bits per heavy atom. The summed E-state index contributed by atoms with van der Waals surface area (Å²) >= 11 is 0. The molecule has 0 aliphatic carbocycles. The smallest absolute Gasteiger partial charge is 0.338 e. The number of nitrogens with zero attached hydrogens (tertiary/aromatic N) is 3. The van der Waals surface area contributed by atoms with Gasteiger partial charge in [0.25, 0.3) is 0 Å². The molecular weight excluding hydrogens is 270 g/mol. The second kappa shape index (κ2) is 6.30. The number of carbonyl (C=O) groups is 2. The van der Waals surface area contributed by atoms with E-state index in [0.717, 1.165) is 12.1 Å². The van der Waals surface area contributed by atoms with E-state index in [0.29, 0.717) is 23.6 Å². The summed E-state index contributed by atoms with van der Waals surface area (Å²) < 4.78 is 6.63. The molecule has 1 aromatic carbocycles. The van der Waals surface area contributed by atoms with E-state index in [1.54, 1.807) is 35.9 Å². The molecule has 0 bridgehead atoms. The predicted octanol–water partition coefficient (Wildman–Crippen LogP) is 2.35. The molecule has 6 heteroatoms. The van der Waals surface area contributed by atoms with Crippen molar-refractivity contribution < 1.29 is 14.3 Å². The average Bonchev–Trinajstić information content (AvgIpc) is 2.87. The molecule has 0 unspecified atom stereocenters. The lowest BCUT2D eigenvalue weighted by Crippen LogP contribution is -2.06. The van der Waals surface area contributed by atoms with Gasteiger partial charge in [-0.25, -0.2) is 9.48 Å². The molecule has 110 valence electrons. The maximum atomic E-state index is 11.7. The van der Waals surface area contributed by atoms with Gasteiger partial charge in [0.15, 0.2) is 11.5 Å². The van der Waals surface area contributed by atoms with Crippen LogP contribution in [0.1, 0.15) is 46.8 Å². The molecule has 0 atom stereocenters. The summed E-state index contributed by atoms with van der Waals surface area (Å²) in [5, 5.41) is 7.82. The molecule has 21 heavy (non-hydrogen) atoms. The molecule has 0 radical (unpaired) electrons. The van der Waals surface area contributed by atoms with Gasteiger partial charge in [0.2, 0.25) is 0 Å². The lowest BCUT2D eigenvalue weighted by molar-refractivity contribution is 0.0505. The minimum absolute atomic E-state index is 0.126. The van der Waals surface area contributed by atoms with Crippen LogP contribution in [0.2, 0.25) is 0 Å². The van der Waals surface area contributed by atoms with Crippen LogP contribution in [0.25, 0.3) is 5.69 Å². The number of esters is 1. The third-order valence-corrected chi connectivity index (χ3v) is 3.01. The minimum Gasteiger partial charge on any atom is -0.462 e. The molecule has 1 aromatic heterocycles.